The third kappa shape index (κ3) is 3.99. The van der Waals surface area contributed by atoms with Gasteiger partial charge in [-0.1, -0.05) is 38.1 Å². The van der Waals surface area contributed by atoms with Crippen molar-refractivity contribution in [3.8, 4) is 0 Å². The average molecular weight is 349 g/mol. The molecule has 134 valence electrons. The summed E-state index contributed by atoms with van der Waals surface area (Å²) in [7, 11) is 0. The van der Waals surface area contributed by atoms with E-state index in [1.165, 1.54) is 5.56 Å². The molecular weight excluding hydrogens is 326 g/mol. The summed E-state index contributed by atoms with van der Waals surface area (Å²) in [5.74, 6) is 0.368. The van der Waals surface area contributed by atoms with Crippen LogP contribution in [0.25, 0.3) is 11.0 Å². The second-order valence-corrected chi connectivity index (χ2v) is 6.77. The zero-order valence-corrected chi connectivity index (χ0v) is 15.5. The summed E-state index contributed by atoms with van der Waals surface area (Å²) in [6, 6.07) is 15.5. The minimum absolute atomic E-state index is 0.185. The van der Waals surface area contributed by atoms with Gasteiger partial charge in [-0.25, -0.2) is 14.8 Å². The summed E-state index contributed by atoms with van der Waals surface area (Å²) in [6.45, 7) is 7.92. The smallest absolute Gasteiger partial charge is 0.361 e. The number of para-hydroxylation sites is 2. The van der Waals surface area contributed by atoms with E-state index in [0.717, 1.165) is 11.2 Å². The Morgan fingerprint density at radius 2 is 1.54 bits per heavy atom. The van der Waals surface area contributed by atoms with Crippen LogP contribution in [0.2, 0.25) is 0 Å². The summed E-state index contributed by atoms with van der Waals surface area (Å²) in [4.78, 5) is 21.5. The van der Waals surface area contributed by atoms with Crippen molar-refractivity contribution in [2.75, 3.05) is 5.32 Å². The fourth-order valence-electron chi connectivity index (χ4n) is 2.59. The summed E-state index contributed by atoms with van der Waals surface area (Å²) < 4.78 is 5.33. The Bertz CT molecular complexity index is 918. The van der Waals surface area contributed by atoms with E-state index in [2.05, 4.69) is 41.3 Å². The van der Waals surface area contributed by atoms with Gasteiger partial charge in [-0.3, -0.25) is 0 Å². The van der Waals surface area contributed by atoms with E-state index in [1.54, 1.807) is 0 Å². The van der Waals surface area contributed by atoms with Crippen molar-refractivity contribution in [3.63, 3.8) is 0 Å². The van der Waals surface area contributed by atoms with Gasteiger partial charge >= 0.3 is 5.97 Å². The molecule has 0 saturated heterocycles. The molecular formula is C21H23N3O2. The Labute approximate surface area is 153 Å². The lowest BCUT2D eigenvalue weighted by Crippen LogP contribution is -2.16. The zero-order valence-electron chi connectivity index (χ0n) is 15.5. The number of hydrogen-bond acceptors (Lipinski definition) is 5. The average Bonchev–Trinajstić information content (AvgIpc) is 2.61. The maximum atomic E-state index is 12.5. The predicted molar refractivity (Wildman–Crippen MR) is 104 cm³/mol. The number of rotatable bonds is 5. The number of esters is 1. The van der Waals surface area contributed by atoms with Crippen molar-refractivity contribution in [3.05, 3.63) is 59.8 Å². The minimum atomic E-state index is -0.487. The van der Waals surface area contributed by atoms with Crippen molar-refractivity contribution < 1.29 is 9.53 Å². The number of carbonyl (C=O) groups excluding carboxylic acids is 1. The molecule has 5 heteroatoms. The first-order valence-corrected chi connectivity index (χ1v) is 8.79. The second-order valence-electron chi connectivity index (χ2n) is 6.77. The van der Waals surface area contributed by atoms with Gasteiger partial charge in [-0.15, -0.1) is 0 Å². The van der Waals surface area contributed by atoms with Gasteiger partial charge in [0, 0.05) is 5.69 Å². The van der Waals surface area contributed by atoms with Crippen molar-refractivity contribution in [2.45, 2.75) is 39.7 Å². The molecule has 0 unspecified atom stereocenters. The Hall–Kier alpha value is -2.95. The first kappa shape index (κ1) is 17.9. The first-order chi connectivity index (χ1) is 12.4. The van der Waals surface area contributed by atoms with Crippen LogP contribution in [0.5, 0.6) is 0 Å². The van der Waals surface area contributed by atoms with Crippen molar-refractivity contribution in [1.82, 2.24) is 9.97 Å². The van der Waals surface area contributed by atoms with Crippen LogP contribution in [-0.2, 0) is 4.74 Å². The van der Waals surface area contributed by atoms with E-state index in [-0.39, 0.29) is 11.8 Å². The molecule has 0 aliphatic rings. The molecule has 3 aromatic rings. The number of nitrogens with zero attached hydrogens (tertiary/aromatic N) is 2. The Morgan fingerprint density at radius 1 is 0.923 bits per heavy atom. The standard InChI is InChI=1S/C21H23N3O2/c1-13(2)15-9-11-16(12-10-15)22-20-19(21(25)26-14(3)4)23-17-7-5-6-8-18(17)24-20/h5-14H,1-4H3,(H,22,24). The molecule has 0 aliphatic carbocycles. The third-order valence-electron chi connectivity index (χ3n) is 3.95. The lowest BCUT2D eigenvalue weighted by atomic mass is 10.0. The summed E-state index contributed by atoms with van der Waals surface area (Å²) >= 11 is 0. The van der Waals surface area contributed by atoms with Crippen LogP contribution in [-0.4, -0.2) is 22.0 Å². The molecule has 2 aromatic carbocycles. The molecule has 3 rings (SSSR count). The van der Waals surface area contributed by atoms with Gasteiger partial charge in [0.1, 0.15) is 0 Å². The highest BCUT2D eigenvalue weighted by Crippen LogP contribution is 2.24. The largest absolute Gasteiger partial charge is 0.458 e. The van der Waals surface area contributed by atoms with Gasteiger partial charge in [0.25, 0.3) is 0 Å². The highest BCUT2D eigenvalue weighted by molar-refractivity contribution is 5.96. The zero-order chi connectivity index (χ0) is 18.7. The highest BCUT2D eigenvalue weighted by Gasteiger charge is 2.19. The van der Waals surface area contributed by atoms with Gasteiger partial charge in [-0.2, -0.15) is 0 Å². The SMILES string of the molecule is CC(C)OC(=O)c1nc2ccccc2nc1Nc1ccc(C(C)C)cc1. The van der Waals surface area contributed by atoms with E-state index in [0.29, 0.717) is 17.3 Å². The molecule has 0 saturated carbocycles. The first-order valence-electron chi connectivity index (χ1n) is 8.79. The molecule has 1 heterocycles. The number of fused-ring (bicyclic) bond motifs is 1. The maximum Gasteiger partial charge on any atom is 0.361 e. The number of aromatic nitrogens is 2. The van der Waals surface area contributed by atoms with Crippen molar-refractivity contribution >= 4 is 28.5 Å². The van der Waals surface area contributed by atoms with Crippen LogP contribution in [0.4, 0.5) is 11.5 Å². The monoisotopic (exact) mass is 349 g/mol. The van der Waals surface area contributed by atoms with E-state index in [1.807, 2.05) is 50.2 Å². The highest BCUT2D eigenvalue weighted by atomic mass is 16.5. The fraction of sp³-hybridized carbons (Fsp3) is 0.286. The number of nitrogens with one attached hydrogen (secondary N) is 1. The molecule has 0 fully saturated rings. The molecule has 0 spiro atoms. The number of ether oxygens (including phenoxy) is 1. The van der Waals surface area contributed by atoms with Crippen LogP contribution in [0, 0.1) is 0 Å². The third-order valence-corrected chi connectivity index (χ3v) is 3.95. The van der Waals surface area contributed by atoms with Crippen molar-refractivity contribution in [2.24, 2.45) is 0 Å². The van der Waals surface area contributed by atoms with Crippen LogP contribution in [0.15, 0.2) is 48.5 Å². The van der Waals surface area contributed by atoms with Crippen LogP contribution in [0.3, 0.4) is 0 Å². The van der Waals surface area contributed by atoms with Gasteiger partial charge < -0.3 is 10.1 Å². The lowest BCUT2D eigenvalue weighted by molar-refractivity contribution is 0.0372. The Kier molecular flexibility index (Phi) is 5.16. The molecule has 0 amide bonds. The van der Waals surface area contributed by atoms with Crippen LogP contribution >= 0.6 is 0 Å². The number of benzene rings is 2. The van der Waals surface area contributed by atoms with Crippen LogP contribution in [0.1, 0.15) is 49.7 Å². The van der Waals surface area contributed by atoms with Gasteiger partial charge in [-0.05, 0) is 49.6 Å². The summed E-state index contributed by atoms with van der Waals surface area (Å²) in [5, 5.41) is 3.21. The minimum Gasteiger partial charge on any atom is -0.458 e. The topological polar surface area (TPSA) is 64.1 Å². The summed E-state index contributed by atoms with van der Waals surface area (Å²) in [6.07, 6.45) is -0.228. The summed E-state index contributed by atoms with van der Waals surface area (Å²) in [5.41, 5.74) is 3.65. The second kappa shape index (κ2) is 7.52. The molecule has 0 atom stereocenters. The quantitative estimate of drug-likeness (QED) is 0.652. The molecule has 0 radical (unpaired) electrons. The molecule has 1 aromatic heterocycles. The van der Waals surface area contributed by atoms with Crippen molar-refractivity contribution in [1.29, 1.82) is 0 Å². The number of hydrogen-bond donors (Lipinski definition) is 1. The fourth-order valence-corrected chi connectivity index (χ4v) is 2.59. The molecule has 0 bridgehead atoms. The van der Waals surface area contributed by atoms with E-state index >= 15 is 0 Å². The van der Waals surface area contributed by atoms with E-state index in [9.17, 15) is 4.79 Å². The van der Waals surface area contributed by atoms with E-state index in [4.69, 9.17) is 4.74 Å². The normalized spacial score (nSPS) is 11.2. The predicted octanol–water partition coefficient (Wildman–Crippen LogP) is 5.06. The Balaban J connectivity index is 2.00. The molecule has 5 nitrogen and oxygen atoms in total. The van der Waals surface area contributed by atoms with E-state index < -0.39 is 5.97 Å². The van der Waals surface area contributed by atoms with Gasteiger partial charge in [0.2, 0.25) is 0 Å². The lowest BCUT2D eigenvalue weighted by Gasteiger charge is -2.13. The number of anilines is 2. The Morgan fingerprint density at radius 3 is 2.12 bits per heavy atom. The maximum absolute atomic E-state index is 12.5. The van der Waals surface area contributed by atoms with Crippen LogP contribution < -0.4 is 5.32 Å². The number of carbonyl (C=O) groups is 1. The molecule has 1 N–H and O–H groups in total. The molecule has 26 heavy (non-hydrogen) atoms. The van der Waals surface area contributed by atoms with Gasteiger partial charge in [0.15, 0.2) is 11.5 Å². The molecule has 0 aliphatic heterocycles. The van der Waals surface area contributed by atoms with Gasteiger partial charge in [0.05, 0.1) is 17.1 Å².